The normalized spacial score (nSPS) is 22.7. The number of likely N-dealkylation sites (N-methyl/N-ethyl adjacent to an activating group) is 1. The van der Waals surface area contributed by atoms with Crippen LogP contribution in [0.25, 0.3) is 0 Å². The van der Waals surface area contributed by atoms with E-state index in [0.717, 1.165) is 49.6 Å². The lowest BCUT2D eigenvalue weighted by molar-refractivity contribution is -0.137. The van der Waals surface area contributed by atoms with Crippen molar-refractivity contribution in [2.45, 2.75) is 68.3 Å². The molecule has 0 amide bonds. The van der Waals surface area contributed by atoms with E-state index in [1.165, 1.54) is 31.4 Å². The fraction of sp³-hybridized carbons (Fsp3) is 0.700. The van der Waals surface area contributed by atoms with Crippen molar-refractivity contribution in [2.75, 3.05) is 31.1 Å². The van der Waals surface area contributed by atoms with Gasteiger partial charge in [-0.1, -0.05) is 33.1 Å². The fourth-order valence-electron chi connectivity index (χ4n) is 4.18. The Kier molecular flexibility index (Phi) is 8.19. The first-order chi connectivity index (χ1) is 12.4. The summed E-state index contributed by atoms with van der Waals surface area (Å²) in [6.45, 7) is 7.93. The lowest BCUT2D eigenvalue weighted by Crippen LogP contribution is -2.48. The number of anilines is 1. The summed E-state index contributed by atoms with van der Waals surface area (Å²) >= 11 is 1.80. The smallest absolute Gasteiger partial charge is 0.365 e. The molecule has 7 heteroatoms. The van der Waals surface area contributed by atoms with Crippen LogP contribution in [-0.2, 0) is 6.18 Å². The van der Waals surface area contributed by atoms with Crippen LogP contribution in [0.4, 0.5) is 18.9 Å². The van der Waals surface area contributed by atoms with E-state index >= 15 is 0 Å². The molecule has 1 fully saturated rings. The minimum Gasteiger partial charge on any atom is -0.365 e. The maximum atomic E-state index is 13.3. The van der Waals surface area contributed by atoms with Crippen molar-refractivity contribution in [1.82, 2.24) is 4.90 Å². The van der Waals surface area contributed by atoms with E-state index in [1.807, 2.05) is 0 Å². The lowest BCUT2D eigenvalue weighted by atomic mass is 10.0. The highest BCUT2D eigenvalue weighted by Crippen LogP contribution is 2.47. The van der Waals surface area contributed by atoms with E-state index < -0.39 is 11.7 Å². The van der Waals surface area contributed by atoms with E-state index in [-0.39, 0.29) is 12.4 Å². The van der Waals surface area contributed by atoms with Crippen molar-refractivity contribution < 1.29 is 13.2 Å². The molecule has 0 radical (unpaired) electrons. The topological polar surface area (TPSA) is 6.48 Å². The monoisotopic (exact) mass is 422 g/mol. The number of alkyl halides is 3. The number of rotatable bonds is 5. The van der Waals surface area contributed by atoms with Crippen LogP contribution in [0, 0.1) is 0 Å². The molecule has 0 spiro atoms. The van der Waals surface area contributed by atoms with Crippen molar-refractivity contribution in [3.8, 4) is 0 Å². The van der Waals surface area contributed by atoms with E-state index in [1.54, 1.807) is 17.8 Å². The van der Waals surface area contributed by atoms with Crippen LogP contribution in [0.1, 0.15) is 51.5 Å². The summed E-state index contributed by atoms with van der Waals surface area (Å²) in [5, 5.41) is 0.499. The summed E-state index contributed by atoms with van der Waals surface area (Å²) in [6, 6.07) is 4.67. The number of halogens is 4. The maximum Gasteiger partial charge on any atom is 0.416 e. The zero-order valence-corrected chi connectivity index (χ0v) is 17.7. The maximum absolute atomic E-state index is 13.3. The SMILES string of the molecule is CCN(CC)CCN1c2cc(C(F)(F)F)ccc2SC2CCCCCC21.Cl. The molecule has 2 aliphatic rings. The van der Waals surface area contributed by atoms with Crippen molar-refractivity contribution in [3.05, 3.63) is 23.8 Å². The summed E-state index contributed by atoms with van der Waals surface area (Å²) < 4.78 is 39.8. The van der Waals surface area contributed by atoms with Gasteiger partial charge in [-0.05, 0) is 44.1 Å². The molecule has 1 aromatic carbocycles. The van der Waals surface area contributed by atoms with Crippen LogP contribution in [-0.4, -0.2) is 42.4 Å². The molecular formula is C20H30ClF3N2S. The molecule has 0 bridgehead atoms. The van der Waals surface area contributed by atoms with Gasteiger partial charge in [0.25, 0.3) is 0 Å². The van der Waals surface area contributed by atoms with Crippen LogP contribution in [0.15, 0.2) is 23.1 Å². The molecule has 3 rings (SSSR count). The molecule has 0 aromatic heterocycles. The molecule has 1 saturated carbocycles. The predicted molar refractivity (Wildman–Crippen MR) is 110 cm³/mol. The van der Waals surface area contributed by atoms with Gasteiger partial charge in [-0.2, -0.15) is 13.2 Å². The van der Waals surface area contributed by atoms with Gasteiger partial charge >= 0.3 is 6.18 Å². The zero-order valence-electron chi connectivity index (χ0n) is 16.1. The van der Waals surface area contributed by atoms with Crippen LogP contribution < -0.4 is 4.90 Å². The number of fused-ring (bicyclic) bond motifs is 2. The van der Waals surface area contributed by atoms with Gasteiger partial charge in [-0.3, -0.25) is 0 Å². The van der Waals surface area contributed by atoms with E-state index in [0.29, 0.717) is 11.3 Å². The Morgan fingerprint density at radius 2 is 1.81 bits per heavy atom. The number of nitrogens with zero attached hydrogens (tertiary/aromatic N) is 2. The summed E-state index contributed by atoms with van der Waals surface area (Å²) in [4.78, 5) is 5.66. The lowest BCUT2D eigenvalue weighted by Gasteiger charge is -2.44. The third-order valence-electron chi connectivity index (χ3n) is 5.74. The second-order valence-electron chi connectivity index (χ2n) is 7.26. The molecule has 2 atom stereocenters. The number of hydrogen-bond donors (Lipinski definition) is 0. The Morgan fingerprint density at radius 1 is 1.11 bits per heavy atom. The Morgan fingerprint density at radius 3 is 2.48 bits per heavy atom. The average molecular weight is 423 g/mol. The Hall–Kier alpha value is -0.590. The number of thioether (sulfide) groups is 1. The van der Waals surface area contributed by atoms with Crippen LogP contribution in [0.5, 0.6) is 0 Å². The molecule has 27 heavy (non-hydrogen) atoms. The first-order valence-corrected chi connectivity index (χ1v) is 10.7. The van der Waals surface area contributed by atoms with Crippen molar-refractivity contribution in [1.29, 1.82) is 0 Å². The van der Waals surface area contributed by atoms with Crippen molar-refractivity contribution >= 4 is 29.9 Å². The van der Waals surface area contributed by atoms with Crippen LogP contribution in [0.2, 0.25) is 0 Å². The minimum atomic E-state index is -4.29. The Balaban J connectivity index is 0.00000261. The number of hydrogen-bond acceptors (Lipinski definition) is 3. The van der Waals surface area contributed by atoms with E-state index in [2.05, 4.69) is 23.6 Å². The van der Waals surface area contributed by atoms with Crippen LogP contribution >= 0.6 is 24.2 Å². The third kappa shape index (κ3) is 5.27. The van der Waals surface area contributed by atoms with Gasteiger partial charge in [0, 0.05) is 29.3 Å². The second-order valence-corrected chi connectivity index (χ2v) is 8.54. The van der Waals surface area contributed by atoms with Gasteiger partial charge in [0.2, 0.25) is 0 Å². The highest BCUT2D eigenvalue weighted by atomic mass is 35.5. The highest BCUT2D eigenvalue weighted by molar-refractivity contribution is 8.00. The van der Waals surface area contributed by atoms with E-state index in [9.17, 15) is 13.2 Å². The molecule has 1 aliphatic carbocycles. The summed E-state index contributed by atoms with van der Waals surface area (Å²) in [5.74, 6) is 0. The molecule has 1 aromatic rings. The number of benzene rings is 1. The highest BCUT2D eigenvalue weighted by Gasteiger charge is 2.38. The predicted octanol–water partition coefficient (Wildman–Crippen LogP) is 6.08. The quantitative estimate of drug-likeness (QED) is 0.567. The molecule has 1 aliphatic heterocycles. The molecule has 2 nitrogen and oxygen atoms in total. The first-order valence-electron chi connectivity index (χ1n) is 9.81. The van der Waals surface area contributed by atoms with Gasteiger partial charge in [0.05, 0.1) is 11.3 Å². The molecule has 2 unspecified atom stereocenters. The summed E-state index contributed by atoms with van der Waals surface area (Å²) in [6.07, 6.45) is 1.61. The molecule has 154 valence electrons. The Labute approximate surface area is 171 Å². The van der Waals surface area contributed by atoms with Crippen molar-refractivity contribution in [2.24, 2.45) is 0 Å². The summed E-state index contributed by atoms with van der Waals surface area (Å²) in [7, 11) is 0. The standard InChI is InChI=1S/C20H29F3N2S.ClH/c1-3-24(4-2)12-13-25-16-8-6-5-7-9-18(16)26-19-11-10-15(14-17(19)25)20(21,22)23;/h10-11,14,16,18H,3-9,12-13H2,1-2H3;1H. The zero-order chi connectivity index (χ0) is 18.7. The first kappa shape index (κ1) is 22.7. The van der Waals surface area contributed by atoms with Gasteiger partial charge in [0.15, 0.2) is 0 Å². The molecule has 0 N–H and O–H groups in total. The van der Waals surface area contributed by atoms with Crippen LogP contribution in [0.3, 0.4) is 0 Å². The van der Waals surface area contributed by atoms with E-state index in [4.69, 9.17) is 0 Å². The minimum absolute atomic E-state index is 0. The van der Waals surface area contributed by atoms with Crippen molar-refractivity contribution in [3.63, 3.8) is 0 Å². The van der Waals surface area contributed by atoms with Gasteiger partial charge < -0.3 is 9.80 Å². The Bertz CT molecular complexity index is 607. The largest absolute Gasteiger partial charge is 0.416 e. The second kappa shape index (κ2) is 9.75. The van der Waals surface area contributed by atoms with Gasteiger partial charge in [0.1, 0.15) is 0 Å². The average Bonchev–Trinajstić information content (AvgIpc) is 2.85. The summed E-state index contributed by atoms with van der Waals surface area (Å²) in [5.41, 5.74) is 0.261. The van der Waals surface area contributed by atoms with Gasteiger partial charge in [-0.25, -0.2) is 0 Å². The third-order valence-corrected chi connectivity index (χ3v) is 7.20. The fourth-order valence-corrected chi connectivity index (χ4v) is 5.68. The molecule has 0 saturated heterocycles. The van der Waals surface area contributed by atoms with Gasteiger partial charge in [-0.15, -0.1) is 24.2 Å². The molecule has 1 heterocycles. The molecular weight excluding hydrogens is 393 g/mol.